The third kappa shape index (κ3) is 5.86. The molecule has 4 rings (SSSR count). The van der Waals surface area contributed by atoms with Crippen LogP contribution in [0.1, 0.15) is 30.9 Å². The molecule has 5 heteroatoms. The molecular weight excluding hydrogens is 384 g/mol. The maximum Gasteiger partial charge on any atom is 0.228 e. The van der Waals surface area contributed by atoms with Crippen molar-refractivity contribution in [2.24, 2.45) is 0 Å². The van der Waals surface area contributed by atoms with Gasteiger partial charge in [-0.1, -0.05) is 37.3 Å². The van der Waals surface area contributed by atoms with Crippen LogP contribution in [0.4, 0.5) is 11.4 Å². The molecule has 0 spiro atoms. The second-order valence-electron chi connectivity index (χ2n) is 8.78. The first-order valence-electron chi connectivity index (χ1n) is 11.9. The van der Waals surface area contributed by atoms with Crippen molar-refractivity contribution in [3.05, 3.63) is 59.7 Å². The van der Waals surface area contributed by atoms with Gasteiger partial charge in [0.2, 0.25) is 5.91 Å². The van der Waals surface area contributed by atoms with Crippen LogP contribution in [0.5, 0.6) is 0 Å². The predicted molar refractivity (Wildman–Crippen MR) is 129 cm³/mol. The van der Waals surface area contributed by atoms with E-state index in [4.69, 9.17) is 0 Å². The van der Waals surface area contributed by atoms with E-state index in [0.29, 0.717) is 6.42 Å². The molecule has 31 heavy (non-hydrogen) atoms. The van der Waals surface area contributed by atoms with E-state index in [-0.39, 0.29) is 5.91 Å². The van der Waals surface area contributed by atoms with Crippen LogP contribution < -0.4 is 10.2 Å². The summed E-state index contributed by atoms with van der Waals surface area (Å²) in [6.45, 7) is 11.4. The molecule has 2 aromatic rings. The average molecular weight is 421 g/mol. The molecule has 2 aliphatic rings. The molecule has 0 unspecified atom stereocenters. The number of rotatable bonds is 10. The highest BCUT2D eigenvalue weighted by molar-refractivity contribution is 5.99. The monoisotopic (exact) mass is 420 g/mol. The van der Waals surface area contributed by atoms with Crippen molar-refractivity contribution in [2.75, 3.05) is 62.6 Å². The Bertz CT molecular complexity index is 846. The fourth-order valence-electron chi connectivity index (χ4n) is 4.87. The van der Waals surface area contributed by atoms with Gasteiger partial charge < -0.3 is 15.1 Å². The minimum Gasteiger partial charge on any atom is -0.369 e. The van der Waals surface area contributed by atoms with E-state index in [1.54, 1.807) is 0 Å². The molecule has 0 radical (unpaired) electrons. The maximum absolute atomic E-state index is 11.8. The number of amides is 1. The minimum atomic E-state index is 0.125. The molecule has 1 saturated heterocycles. The molecule has 0 atom stereocenters. The van der Waals surface area contributed by atoms with E-state index >= 15 is 0 Å². The molecule has 1 amide bonds. The number of nitrogens with one attached hydrogen (secondary N) is 1. The van der Waals surface area contributed by atoms with Crippen molar-refractivity contribution >= 4 is 17.3 Å². The molecule has 2 aromatic carbocycles. The van der Waals surface area contributed by atoms with Gasteiger partial charge in [-0.15, -0.1) is 0 Å². The van der Waals surface area contributed by atoms with Crippen LogP contribution in [0.15, 0.2) is 48.5 Å². The number of hydrogen-bond acceptors (Lipinski definition) is 4. The summed E-state index contributed by atoms with van der Waals surface area (Å²) in [5.74, 6) is 0.125. The van der Waals surface area contributed by atoms with Gasteiger partial charge in [0.25, 0.3) is 0 Å². The molecule has 1 fully saturated rings. The fraction of sp³-hybridized carbons (Fsp3) is 0.500. The van der Waals surface area contributed by atoms with Crippen molar-refractivity contribution in [3.63, 3.8) is 0 Å². The highest BCUT2D eigenvalue weighted by Crippen LogP contribution is 2.26. The van der Waals surface area contributed by atoms with E-state index in [9.17, 15) is 4.79 Å². The standard InChI is InChI=1S/C26H36N4O/c1-2-13-28(16-12-22-8-6-11-25-24(22)21-26(31)27-25)14-7-15-29-17-19-30(20-18-29)23-9-4-3-5-10-23/h3-6,8-11H,2,7,12-21H2,1H3,(H,27,31). The molecule has 5 nitrogen and oxygen atoms in total. The van der Waals surface area contributed by atoms with Crippen LogP contribution in [0.3, 0.4) is 0 Å². The third-order valence-corrected chi connectivity index (χ3v) is 6.56. The van der Waals surface area contributed by atoms with E-state index in [1.807, 2.05) is 6.07 Å². The highest BCUT2D eigenvalue weighted by Gasteiger charge is 2.21. The summed E-state index contributed by atoms with van der Waals surface area (Å²) >= 11 is 0. The first kappa shape index (κ1) is 21.8. The maximum atomic E-state index is 11.8. The van der Waals surface area contributed by atoms with Gasteiger partial charge in [-0.05, 0) is 68.2 Å². The van der Waals surface area contributed by atoms with Crippen LogP contribution in [-0.2, 0) is 17.6 Å². The molecule has 0 aromatic heterocycles. The number of nitrogens with zero attached hydrogens (tertiary/aromatic N) is 3. The molecule has 0 aliphatic carbocycles. The van der Waals surface area contributed by atoms with Gasteiger partial charge in [-0.3, -0.25) is 9.69 Å². The zero-order chi connectivity index (χ0) is 21.5. The number of piperazine rings is 1. The Kier molecular flexibility index (Phi) is 7.60. The Morgan fingerprint density at radius 3 is 2.52 bits per heavy atom. The van der Waals surface area contributed by atoms with Crippen LogP contribution in [0.2, 0.25) is 0 Å². The Labute approximate surface area is 187 Å². The second-order valence-corrected chi connectivity index (χ2v) is 8.78. The summed E-state index contributed by atoms with van der Waals surface area (Å²) in [4.78, 5) is 19.5. The number of anilines is 2. The molecule has 0 saturated carbocycles. The molecule has 0 bridgehead atoms. The molecule has 1 N–H and O–H groups in total. The zero-order valence-electron chi connectivity index (χ0n) is 18.9. The Morgan fingerprint density at radius 2 is 1.74 bits per heavy atom. The van der Waals surface area contributed by atoms with Gasteiger partial charge in [0.05, 0.1) is 6.42 Å². The quantitative estimate of drug-likeness (QED) is 0.637. The molecular formula is C26H36N4O. The zero-order valence-corrected chi connectivity index (χ0v) is 18.9. The van der Waals surface area contributed by atoms with Crippen molar-refractivity contribution < 1.29 is 4.79 Å². The molecule has 2 aliphatic heterocycles. The van der Waals surface area contributed by atoms with Gasteiger partial charge in [0.15, 0.2) is 0 Å². The molecule has 166 valence electrons. The van der Waals surface area contributed by atoms with Crippen LogP contribution in [0.25, 0.3) is 0 Å². The number of benzene rings is 2. The van der Waals surface area contributed by atoms with E-state index < -0.39 is 0 Å². The van der Waals surface area contributed by atoms with Crippen molar-refractivity contribution in [1.82, 2.24) is 9.80 Å². The summed E-state index contributed by atoms with van der Waals surface area (Å²) in [5, 5.41) is 2.97. The van der Waals surface area contributed by atoms with Crippen molar-refractivity contribution in [2.45, 2.75) is 32.6 Å². The number of fused-ring (bicyclic) bond motifs is 1. The Hall–Kier alpha value is -2.37. The first-order chi connectivity index (χ1) is 15.2. The summed E-state index contributed by atoms with van der Waals surface area (Å²) in [6.07, 6.45) is 3.96. The summed E-state index contributed by atoms with van der Waals surface area (Å²) < 4.78 is 0. The minimum absolute atomic E-state index is 0.125. The summed E-state index contributed by atoms with van der Waals surface area (Å²) in [5.41, 5.74) is 4.90. The van der Waals surface area contributed by atoms with Gasteiger partial charge in [0, 0.05) is 44.1 Å². The highest BCUT2D eigenvalue weighted by atomic mass is 16.1. The average Bonchev–Trinajstić information content (AvgIpc) is 3.19. The van der Waals surface area contributed by atoms with E-state index in [2.05, 4.69) is 69.4 Å². The number of carbonyl (C=O) groups excluding carboxylic acids is 1. The summed E-state index contributed by atoms with van der Waals surface area (Å²) in [6, 6.07) is 17.0. The van der Waals surface area contributed by atoms with Crippen LogP contribution >= 0.6 is 0 Å². The Balaban J connectivity index is 1.20. The van der Waals surface area contributed by atoms with E-state index in [0.717, 1.165) is 57.9 Å². The van der Waals surface area contributed by atoms with E-state index in [1.165, 1.54) is 36.2 Å². The smallest absolute Gasteiger partial charge is 0.228 e. The van der Waals surface area contributed by atoms with Gasteiger partial charge >= 0.3 is 0 Å². The van der Waals surface area contributed by atoms with Gasteiger partial charge in [-0.25, -0.2) is 0 Å². The van der Waals surface area contributed by atoms with Crippen molar-refractivity contribution in [1.29, 1.82) is 0 Å². The SMILES string of the molecule is CCCN(CCCN1CCN(c2ccccc2)CC1)CCc1cccc2c1CC(=O)N2. The Morgan fingerprint density at radius 1 is 0.935 bits per heavy atom. The summed E-state index contributed by atoms with van der Waals surface area (Å²) in [7, 11) is 0. The van der Waals surface area contributed by atoms with Crippen LogP contribution in [-0.4, -0.2) is 68.1 Å². The van der Waals surface area contributed by atoms with Crippen LogP contribution in [0, 0.1) is 0 Å². The number of hydrogen-bond donors (Lipinski definition) is 1. The van der Waals surface area contributed by atoms with Gasteiger partial charge in [-0.2, -0.15) is 0 Å². The lowest BCUT2D eigenvalue weighted by atomic mass is 10.0. The largest absolute Gasteiger partial charge is 0.369 e. The first-order valence-corrected chi connectivity index (χ1v) is 11.9. The number of para-hydroxylation sites is 1. The topological polar surface area (TPSA) is 38.8 Å². The second kappa shape index (κ2) is 10.8. The lowest BCUT2D eigenvalue weighted by Gasteiger charge is -2.36. The van der Waals surface area contributed by atoms with Gasteiger partial charge in [0.1, 0.15) is 0 Å². The third-order valence-electron chi connectivity index (χ3n) is 6.56. The number of carbonyl (C=O) groups is 1. The normalized spacial score (nSPS) is 16.6. The predicted octanol–water partition coefficient (Wildman–Crippen LogP) is 3.65. The lowest BCUT2D eigenvalue weighted by molar-refractivity contribution is -0.115. The lowest BCUT2D eigenvalue weighted by Crippen LogP contribution is -2.47. The fourth-order valence-corrected chi connectivity index (χ4v) is 4.87. The van der Waals surface area contributed by atoms with Crippen molar-refractivity contribution in [3.8, 4) is 0 Å². The molecule has 2 heterocycles.